The largest absolute Gasteiger partial charge is 0.497 e. The number of nitrogens with one attached hydrogen (secondary N) is 1. The van der Waals surface area contributed by atoms with Gasteiger partial charge in [-0.05, 0) is 32.9 Å². The van der Waals surface area contributed by atoms with Crippen molar-refractivity contribution < 1.29 is 9.53 Å². The molecule has 1 heterocycles. The van der Waals surface area contributed by atoms with Crippen LogP contribution >= 0.6 is 23.1 Å². The van der Waals surface area contributed by atoms with Gasteiger partial charge in [0, 0.05) is 11.1 Å². The molecule has 1 aromatic carbocycles. The second-order valence-electron chi connectivity index (χ2n) is 5.69. The predicted octanol–water partition coefficient (Wildman–Crippen LogP) is 3.73. The average molecular weight is 337 g/mol. The highest BCUT2D eigenvalue weighted by Gasteiger charge is 2.14. The lowest BCUT2D eigenvalue weighted by atomic mass is 10.1. The monoisotopic (exact) mass is 337 g/mol. The number of aromatic nitrogens is 2. The number of benzene rings is 1. The Morgan fingerprint density at radius 2 is 2.14 bits per heavy atom. The second-order valence-corrected chi connectivity index (χ2v) is 7.89. The van der Waals surface area contributed by atoms with Crippen molar-refractivity contribution >= 4 is 34.0 Å². The maximum Gasteiger partial charge on any atom is 0.206 e. The third-order valence-electron chi connectivity index (χ3n) is 2.61. The van der Waals surface area contributed by atoms with Gasteiger partial charge >= 0.3 is 0 Å². The van der Waals surface area contributed by atoms with Gasteiger partial charge in [-0.2, -0.15) is 0 Å². The summed E-state index contributed by atoms with van der Waals surface area (Å²) in [6, 6.07) is 7.17. The van der Waals surface area contributed by atoms with Crippen molar-refractivity contribution in [2.75, 3.05) is 18.2 Å². The molecule has 0 fully saturated rings. The van der Waals surface area contributed by atoms with E-state index in [4.69, 9.17) is 4.74 Å². The molecule has 0 atom stereocenters. The number of ether oxygens (including phenoxy) is 1. The van der Waals surface area contributed by atoms with Crippen molar-refractivity contribution in [1.29, 1.82) is 0 Å². The average Bonchev–Trinajstić information content (AvgIpc) is 2.90. The van der Waals surface area contributed by atoms with E-state index in [-0.39, 0.29) is 11.3 Å². The number of methoxy groups -OCH3 is 1. The lowest BCUT2D eigenvalue weighted by Crippen LogP contribution is -2.25. The first-order chi connectivity index (χ1) is 10.4. The highest BCUT2D eigenvalue weighted by Crippen LogP contribution is 2.28. The molecule has 1 N–H and O–H groups in total. The van der Waals surface area contributed by atoms with Gasteiger partial charge in [-0.25, -0.2) is 0 Å². The molecule has 22 heavy (non-hydrogen) atoms. The van der Waals surface area contributed by atoms with Gasteiger partial charge in [-0.15, -0.1) is 10.2 Å². The minimum absolute atomic E-state index is 0.0458. The SMILES string of the molecule is COc1cccc(C(=O)CSc2nnc(NC(C)(C)C)s2)c1. The Morgan fingerprint density at radius 1 is 1.36 bits per heavy atom. The van der Waals surface area contributed by atoms with Crippen LogP contribution in [0.15, 0.2) is 28.6 Å². The van der Waals surface area contributed by atoms with Crippen molar-refractivity contribution in [3.63, 3.8) is 0 Å². The zero-order chi connectivity index (χ0) is 16.2. The van der Waals surface area contributed by atoms with Gasteiger partial charge in [0.2, 0.25) is 5.13 Å². The number of carbonyl (C=O) groups excluding carboxylic acids is 1. The molecule has 118 valence electrons. The molecule has 2 rings (SSSR count). The number of Topliss-reactive ketones (excluding diaryl/α,β-unsaturated/α-hetero) is 1. The summed E-state index contributed by atoms with van der Waals surface area (Å²) < 4.78 is 5.91. The molecule has 0 aliphatic carbocycles. The maximum atomic E-state index is 12.2. The van der Waals surface area contributed by atoms with Crippen molar-refractivity contribution in [3.05, 3.63) is 29.8 Å². The molecule has 0 bridgehead atoms. The van der Waals surface area contributed by atoms with E-state index >= 15 is 0 Å². The molecule has 0 amide bonds. The number of nitrogens with zero attached hydrogens (tertiary/aromatic N) is 2. The fraction of sp³-hybridized carbons (Fsp3) is 0.400. The first-order valence-corrected chi connectivity index (χ1v) is 8.59. The standard InChI is InChI=1S/C15H19N3O2S2/c1-15(2,3)16-13-17-18-14(22-13)21-9-12(19)10-6-5-7-11(8-10)20-4/h5-8H,9H2,1-4H3,(H,16,17). The van der Waals surface area contributed by atoms with Crippen LogP contribution in [-0.4, -0.2) is 34.4 Å². The van der Waals surface area contributed by atoms with E-state index in [1.807, 2.05) is 12.1 Å². The molecule has 1 aromatic heterocycles. The molecule has 5 nitrogen and oxygen atoms in total. The van der Waals surface area contributed by atoms with E-state index in [0.29, 0.717) is 17.1 Å². The summed E-state index contributed by atoms with van der Waals surface area (Å²) in [4.78, 5) is 12.2. The fourth-order valence-electron chi connectivity index (χ4n) is 1.65. The summed E-state index contributed by atoms with van der Waals surface area (Å²) in [7, 11) is 1.59. The summed E-state index contributed by atoms with van der Waals surface area (Å²) in [5, 5.41) is 12.2. The number of hydrogen-bond donors (Lipinski definition) is 1. The smallest absolute Gasteiger partial charge is 0.206 e. The van der Waals surface area contributed by atoms with Crippen LogP contribution in [0.2, 0.25) is 0 Å². The van der Waals surface area contributed by atoms with Crippen molar-refractivity contribution in [2.45, 2.75) is 30.6 Å². The Balaban J connectivity index is 1.93. The van der Waals surface area contributed by atoms with Crippen LogP contribution in [0, 0.1) is 0 Å². The van der Waals surface area contributed by atoms with E-state index in [1.54, 1.807) is 19.2 Å². The van der Waals surface area contributed by atoms with E-state index < -0.39 is 0 Å². The number of anilines is 1. The highest BCUT2D eigenvalue weighted by atomic mass is 32.2. The molecule has 0 spiro atoms. The third-order valence-corrected chi connectivity index (χ3v) is 4.58. The Labute approximate surface area is 138 Å². The topological polar surface area (TPSA) is 64.1 Å². The van der Waals surface area contributed by atoms with Gasteiger partial charge in [0.15, 0.2) is 10.1 Å². The van der Waals surface area contributed by atoms with Gasteiger partial charge in [-0.3, -0.25) is 4.79 Å². The molecule has 7 heteroatoms. The van der Waals surface area contributed by atoms with Crippen LogP contribution in [0.25, 0.3) is 0 Å². The minimum Gasteiger partial charge on any atom is -0.497 e. The highest BCUT2D eigenvalue weighted by molar-refractivity contribution is 8.01. The Kier molecular flexibility index (Phi) is 5.42. The number of ketones is 1. The van der Waals surface area contributed by atoms with E-state index in [2.05, 4.69) is 36.3 Å². The predicted molar refractivity (Wildman–Crippen MR) is 91.3 cm³/mol. The number of hydrogen-bond acceptors (Lipinski definition) is 7. The molecule has 0 saturated carbocycles. The van der Waals surface area contributed by atoms with Crippen molar-refractivity contribution in [1.82, 2.24) is 10.2 Å². The Bertz CT molecular complexity index is 650. The summed E-state index contributed by atoms with van der Waals surface area (Å²) >= 11 is 2.86. The summed E-state index contributed by atoms with van der Waals surface area (Å²) in [5.74, 6) is 1.06. The van der Waals surface area contributed by atoms with Crippen LogP contribution in [-0.2, 0) is 0 Å². The van der Waals surface area contributed by atoms with Crippen LogP contribution in [0.5, 0.6) is 5.75 Å². The van der Waals surface area contributed by atoms with E-state index in [0.717, 1.165) is 9.47 Å². The van der Waals surface area contributed by atoms with Crippen LogP contribution in [0.1, 0.15) is 31.1 Å². The molecule has 0 unspecified atom stereocenters. The lowest BCUT2D eigenvalue weighted by molar-refractivity contribution is 0.102. The molecule has 2 aromatic rings. The molecule has 0 aliphatic rings. The Morgan fingerprint density at radius 3 is 2.82 bits per heavy atom. The molecular formula is C15H19N3O2S2. The summed E-state index contributed by atoms with van der Waals surface area (Å²) in [6.45, 7) is 6.19. The quantitative estimate of drug-likeness (QED) is 0.640. The minimum atomic E-state index is -0.0577. The van der Waals surface area contributed by atoms with Crippen molar-refractivity contribution in [2.24, 2.45) is 0 Å². The summed E-state index contributed by atoms with van der Waals surface area (Å²) in [6.07, 6.45) is 0. The fourth-order valence-corrected chi connectivity index (χ4v) is 3.50. The summed E-state index contributed by atoms with van der Waals surface area (Å²) in [5.41, 5.74) is 0.585. The van der Waals surface area contributed by atoms with Gasteiger partial charge in [0.05, 0.1) is 12.9 Å². The molecular weight excluding hydrogens is 318 g/mol. The van der Waals surface area contributed by atoms with Crippen LogP contribution in [0.4, 0.5) is 5.13 Å². The van der Waals surface area contributed by atoms with Gasteiger partial charge in [-0.1, -0.05) is 35.2 Å². The zero-order valence-corrected chi connectivity index (χ0v) is 14.7. The zero-order valence-electron chi connectivity index (χ0n) is 13.0. The van der Waals surface area contributed by atoms with Gasteiger partial charge in [0.1, 0.15) is 5.75 Å². The Hall–Kier alpha value is -1.60. The van der Waals surface area contributed by atoms with Gasteiger partial charge < -0.3 is 10.1 Å². The van der Waals surface area contributed by atoms with E-state index in [9.17, 15) is 4.79 Å². The van der Waals surface area contributed by atoms with E-state index in [1.165, 1.54) is 23.1 Å². The third kappa shape index (κ3) is 4.99. The van der Waals surface area contributed by atoms with Gasteiger partial charge in [0.25, 0.3) is 0 Å². The maximum absolute atomic E-state index is 12.2. The van der Waals surface area contributed by atoms with Crippen LogP contribution in [0.3, 0.4) is 0 Å². The first kappa shape index (κ1) is 16.8. The lowest BCUT2D eigenvalue weighted by Gasteiger charge is -2.18. The van der Waals surface area contributed by atoms with Crippen LogP contribution < -0.4 is 10.1 Å². The number of carbonyl (C=O) groups is 1. The first-order valence-electron chi connectivity index (χ1n) is 6.79. The number of rotatable bonds is 6. The number of thioether (sulfide) groups is 1. The molecule has 0 saturated heterocycles. The second kappa shape index (κ2) is 7.11. The molecule has 0 aliphatic heterocycles. The van der Waals surface area contributed by atoms with Crippen molar-refractivity contribution in [3.8, 4) is 5.75 Å². The normalized spacial score (nSPS) is 11.3. The molecule has 0 radical (unpaired) electrons.